The molecule has 0 spiro atoms. The first-order valence-electron chi connectivity index (χ1n) is 4.36. The van der Waals surface area contributed by atoms with Gasteiger partial charge in [-0.05, 0) is 44.0 Å². The maximum Gasteiger partial charge on any atom is 0.0417 e. The molecule has 0 fully saturated rings. The van der Waals surface area contributed by atoms with Crippen LogP contribution in [0.4, 0.5) is 0 Å². The van der Waals surface area contributed by atoms with Crippen molar-refractivity contribution in [3.63, 3.8) is 0 Å². The predicted molar refractivity (Wildman–Crippen MR) is 60.7 cm³/mol. The minimum absolute atomic E-state index is 0.818. The van der Waals surface area contributed by atoms with E-state index in [-0.39, 0.29) is 0 Å². The zero-order valence-electron chi connectivity index (χ0n) is 7.72. The van der Waals surface area contributed by atoms with Gasteiger partial charge >= 0.3 is 0 Å². The zero-order chi connectivity index (χ0) is 9.52. The molecule has 3 heteroatoms. The van der Waals surface area contributed by atoms with Crippen LogP contribution in [0.3, 0.4) is 0 Å². The molecule has 0 aliphatic rings. The fourth-order valence-corrected chi connectivity index (χ4v) is 2.16. The van der Waals surface area contributed by atoms with Crippen molar-refractivity contribution in [3.8, 4) is 0 Å². The van der Waals surface area contributed by atoms with Gasteiger partial charge in [-0.15, -0.1) is 11.8 Å². The lowest BCUT2D eigenvalue weighted by molar-refractivity contribution is 0.778. The normalized spacial score (nSPS) is 10.3. The van der Waals surface area contributed by atoms with E-state index < -0.39 is 0 Å². The fourth-order valence-electron chi connectivity index (χ4n) is 0.996. The Morgan fingerprint density at radius 3 is 3.00 bits per heavy atom. The third-order valence-corrected chi connectivity index (χ3v) is 2.95. The highest BCUT2D eigenvalue weighted by Gasteiger charge is 1.94. The summed E-state index contributed by atoms with van der Waals surface area (Å²) in [5, 5.41) is 3.94. The molecule has 0 bridgehead atoms. The molecule has 0 heterocycles. The summed E-state index contributed by atoms with van der Waals surface area (Å²) in [5.41, 5.74) is 0. The molecular weight excluding hydrogens is 202 g/mol. The molecule has 1 N–H and O–H groups in total. The van der Waals surface area contributed by atoms with E-state index >= 15 is 0 Å². The van der Waals surface area contributed by atoms with Crippen LogP contribution in [0.15, 0.2) is 29.2 Å². The summed E-state index contributed by atoms with van der Waals surface area (Å²) >= 11 is 7.71. The number of hydrogen-bond acceptors (Lipinski definition) is 2. The highest BCUT2D eigenvalue weighted by atomic mass is 35.5. The van der Waals surface area contributed by atoms with Crippen LogP contribution in [0.5, 0.6) is 0 Å². The molecule has 0 atom stereocenters. The molecule has 0 amide bonds. The Morgan fingerprint density at radius 1 is 1.46 bits per heavy atom. The molecule has 0 aromatic heterocycles. The van der Waals surface area contributed by atoms with Gasteiger partial charge in [-0.25, -0.2) is 0 Å². The van der Waals surface area contributed by atoms with Gasteiger partial charge in [0.2, 0.25) is 0 Å². The Morgan fingerprint density at radius 2 is 2.31 bits per heavy atom. The number of benzene rings is 1. The van der Waals surface area contributed by atoms with Crippen molar-refractivity contribution in [1.82, 2.24) is 5.32 Å². The Bertz CT molecular complexity index is 252. The number of nitrogens with one attached hydrogen (secondary N) is 1. The second kappa shape index (κ2) is 6.30. The first-order valence-corrected chi connectivity index (χ1v) is 5.72. The van der Waals surface area contributed by atoms with E-state index in [1.807, 2.05) is 37.0 Å². The predicted octanol–water partition coefficient (Wildman–Crippen LogP) is 3.04. The summed E-state index contributed by atoms with van der Waals surface area (Å²) in [6, 6.07) is 7.99. The number of thioether (sulfide) groups is 1. The van der Waals surface area contributed by atoms with E-state index in [2.05, 4.69) is 11.4 Å². The SMILES string of the molecule is CNCCCSc1cccc(Cl)c1. The van der Waals surface area contributed by atoms with Crippen molar-refractivity contribution < 1.29 is 0 Å². The number of rotatable bonds is 5. The van der Waals surface area contributed by atoms with Crippen LogP contribution in [0.1, 0.15) is 6.42 Å². The third-order valence-electron chi connectivity index (χ3n) is 1.64. The summed E-state index contributed by atoms with van der Waals surface area (Å²) in [5.74, 6) is 1.14. The number of halogens is 1. The van der Waals surface area contributed by atoms with Crippen molar-refractivity contribution in [2.45, 2.75) is 11.3 Å². The van der Waals surface area contributed by atoms with Crippen molar-refractivity contribution in [2.24, 2.45) is 0 Å². The average Bonchev–Trinajstić information content (AvgIpc) is 2.13. The Labute approximate surface area is 88.9 Å². The monoisotopic (exact) mass is 215 g/mol. The van der Waals surface area contributed by atoms with Gasteiger partial charge in [0.05, 0.1) is 0 Å². The summed E-state index contributed by atoms with van der Waals surface area (Å²) in [6.45, 7) is 1.08. The van der Waals surface area contributed by atoms with E-state index in [4.69, 9.17) is 11.6 Å². The molecule has 0 saturated heterocycles. The Hall–Kier alpha value is -0.180. The lowest BCUT2D eigenvalue weighted by atomic mass is 10.4. The molecule has 0 radical (unpaired) electrons. The van der Waals surface area contributed by atoms with Gasteiger partial charge in [-0.1, -0.05) is 17.7 Å². The van der Waals surface area contributed by atoms with Crippen LogP contribution in [-0.4, -0.2) is 19.3 Å². The molecule has 1 nitrogen and oxygen atoms in total. The van der Waals surface area contributed by atoms with Gasteiger partial charge in [0.25, 0.3) is 0 Å². The average molecular weight is 216 g/mol. The summed E-state index contributed by atoms with van der Waals surface area (Å²) in [6.07, 6.45) is 1.19. The smallest absolute Gasteiger partial charge is 0.0417 e. The molecular formula is C10H14ClNS. The fraction of sp³-hybridized carbons (Fsp3) is 0.400. The lowest BCUT2D eigenvalue weighted by Gasteiger charge is -2.01. The van der Waals surface area contributed by atoms with E-state index in [9.17, 15) is 0 Å². The van der Waals surface area contributed by atoms with Crippen LogP contribution < -0.4 is 5.32 Å². The minimum atomic E-state index is 0.818. The zero-order valence-corrected chi connectivity index (χ0v) is 9.29. The maximum atomic E-state index is 5.86. The highest BCUT2D eigenvalue weighted by Crippen LogP contribution is 2.21. The van der Waals surface area contributed by atoms with Gasteiger partial charge < -0.3 is 5.32 Å². The maximum absolute atomic E-state index is 5.86. The standard InChI is InChI=1S/C10H14ClNS/c1-12-6-3-7-13-10-5-2-4-9(11)8-10/h2,4-5,8,12H,3,6-7H2,1H3. The highest BCUT2D eigenvalue weighted by molar-refractivity contribution is 7.99. The lowest BCUT2D eigenvalue weighted by Crippen LogP contribution is -2.07. The van der Waals surface area contributed by atoms with E-state index in [1.165, 1.54) is 11.3 Å². The van der Waals surface area contributed by atoms with Crippen LogP contribution in [0, 0.1) is 0 Å². The first-order chi connectivity index (χ1) is 6.33. The Kier molecular flexibility index (Phi) is 5.28. The van der Waals surface area contributed by atoms with Gasteiger partial charge in [-0.2, -0.15) is 0 Å². The molecule has 0 saturated carbocycles. The van der Waals surface area contributed by atoms with Crippen LogP contribution in [0.2, 0.25) is 5.02 Å². The summed E-state index contributed by atoms with van der Waals surface area (Å²) in [7, 11) is 1.98. The molecule has 1 aromatic carbocycles. The Balaban J connectivity index is 2.28. The van der Waals surface area contributed by atoms with E-state index in [1.54, 1.807) is 0 Å². The van der Waals surface area contributed by atoms with E-state index in [0.717, 1.165) is 17.3 Å². The van der Waals surface area contributed by atoms with Crippen molar-refractivity contribution in [1.29, 1.82) is 0 Å². The van der Waals surface area contributed by atoms with Crippen molar-refractivity contribution in [3.05, 3.63) is 29.3 Å². The minimum Gasteiger partial charge on any atom is -0.320 e. The van der Waals surface area contributed by atoms with E-state index in [0.29, 0.717) is 0 Å². The molecule has 72 valence electrons. The van der Waals surface area contributed by atoms with Gasteiger partial charge in [0.15, 0.2) is 0 Å². The quantitative estimate of drug-likeness (QED) is 0.599. The molecule has 0 aliphatic heterocycles. The largest absolute Gasteiger partial charge is 0.320 e. The van der Waals surface area contributed by atoms with Crippen LogP contribution in [0.25, 0.3) is 0 Å². The summed E-state index contributed by atoms with van der Waals surface area (Å²) in [4.78, 5) is 1.25. The van der Waals surface area contributed by atoms with Crippen LogP contribution in [-0.2, 0) is 0 Å². The van der Waals surface area contributed by atoms with Gasteiger partial charge in [0.1, 0.15) is 0 Å². The molecule has 13 heavy (non-hydrogen) atoms. The number of hydrogen-bond donors (Lipinski definition) is 1. The van der Waals surface area contributed by atoms with Gasteiger partial charge in [-0.3, -0.25) is 0 Å². The van der Waals surface area contributed by atoms with Gasteiger partial charge in [0, 0.05) is 9.92 Å². The molecule has 0 aliphatic carbocycles. The molecule has 1 rings (SSSR count). The van der Waals surface area contributed by atoms with Crippen molar-refractivity contribution >= 4 is 23.4 Å². The topological polar surface area (TPSA) is 12.0 Å². The first kappa shape index (κ1) is 10.9. The molecule has 0 unspecified atom stereocenters. The van der Waals surface area contributed by atoms with Crippen LogP contribution >= 0.6 is 23.4 Å². The molecule has 1 aromatic rings. The second-order valence-corrected chi connectivity index (χ2v) is 4.37. The van der Waals surface area contributed by atoms with Crippen molar-refractivity contribution in [2.75, 3.05) is 19.3 Å². The summed E-state index contributed by atoms with van der Waals surface area (Å²) < 4.78 is 0. The second-order valence-electron chi connectivity index (χ2n) is 2.76. The third kappa shape index (κ3) is 4.55.